The van der Waals surface area contributed by atoms with Gasteiger partial charge in [-0.1, -0.05) is 41.4 Å². The highest BCUT2D eigenvalue weighted by molar-refractivity contribution is 6.35. The standard InChI is InChI=1S/C16H12Cl2N2O/c17-12-7-11(16(21)13(18)8-12)9-20-14-5-1-3-10-4-2-6-19-15(10)14/h1-8,20-21H,9H2. The van der Waals surface area contributed by atoms with E-state index in [-0.39, 0.29) is 10.8 Å². The third-order valence-electron chi connectivity index (χ3n) is 3.21. The second-order valence-corrected chi connectivity index (χ2v) is 5.47. The lowest BCUT2D eigenvalue weighted by Gasteiger charge is -2.11. The van der Waals surface area contributed by atoms with Crippen LogP contribution in [0, 0.1) is 0 Å². The zero-order valence-electron chi connectivity index (χ0n) is 11.0. The molecule has 2 aromatic carbocycles. The van der Waals surface area contributed by atoms with Gasteiger partial charge >= 0.3 is 0 Å². The highest BCUT2D eigenvalue weighted by Crippen LogP contribution is 2.32. The van der Waals surface area contributed by atoms with Crippen molar-refractivity contribution in [2.75, 3.05) is 5.32 Å². The van der Waals surface area contributed by atoms with Crippen LogP contribution in [0.1, 0.15) is 5.56 Å². The summed E-state index contributed by atoms with van der Waals surface area (Å²) in [5, 5.41) is 15.0. The van der Waals surface area contributed by atoms with Gasteiger partial charge in [-0.3, -0.25) is 4.98 Å². The lowest BCUT2D eigenvalue weighted by atomic mass is 10.1. The molecule has 0 fully saturated rings. The van der Waals surface area contributed by atoms with Crippen molar-refractivity contribution in [2.24, 2.45) is 0 Å². The molecule has 3 nitrogen and oxygen atoms in total. The first-order chi connectivity index (χ1) is 10.1. The van der Waals surface area contributed by atoms with Gasteiger partial charge in [0.15, 0.2) is 0 Å². The molecule has 0 atom stereocenters. The highest BCUT2D eigenvalue weighted by atomic mass is 35.5. The normalized spacial score (nSPS) is 10.8. The maximum absolute atomic E-state index is 9.97. The number of rotatable bonds is 3. The minimum absolute atomic E-state index is 0.0433. The van der Waals surface area contributed by atoms with Crippen LogP contribution in [0.2, 0.25) is 10.0 Å². The molecular weight excluding hydrogens is 307 g/mol. The molecule has 0 radical (unpaired) electrons. The summed E-state index contributed by atoms with van der Waals surface area (Å²) in [4.78, 5) is 4.37. The maximum atomic E-state index is 9.97. The average Bonchev–Trinajstić information content (AvgIpc) is 2.49. The average molecular weight is 319 g/mol. The van der Waals surface area contributed by atoms with E-state index in [9.17, 15) is 5.11 Å². The van der Waals surface area contributed by atoms with Gasteiger partial charge in [-0.05, 0) is 24.3 Å². The van der Waals surface area contributed by atoms with E-state index in [1.807, 2.05) is 30.3 Å². The van der Waals surface area contributed by atoms with Gasteiger partial charge in [0.25, 0.3) is 0 Å². The van der Waals surface area contributed by atoms with Crippen LogP contribution in [0.15, 0.2) is 48.7 Å². The first kappa shape index (κ1) is 14.0. The van der Waals surface area contributed by atoms with Gasteiger partial charge < -0.3 is 10.4 Å². The zero-order valence-corrected chi connectivity index (χ0v) is 12.5. The van der Waals surface area contributed by atoms with Crippen molar-refractivity contribution in [3.05, 3.63) is 64.3 Å². The Morgan fingerprint density at radius 2 is 1.90 bits per heavy atom. The monoisotopic (exact) mass is 318 g/mol. The minimum atomic E-state index is 0.0433. The van der Waals surface area contributed by atoms with Crippen molar-refractivity contribution in [1.82, 2.24) is 4.98 Å². The van der Waals surface area contributed by atoms with Crippen LogP contribution < -0.4 is 5.32 Å². The van der Waals surface area contributed by atoms with E-state index in [0.29, 0.717) is 17.1 Å². The molecule has 2 N–H and O–H groups in total. The topological polar surface area (TPSA) is 45.1 Å². The molecule has 0 bridgehead atoms. The number of aromatic hydroxyl groups is 1. The molecule has 0 amide bonds. The molecular formula is C16H12Cl2N2O. The van der Waals surface area contributed by atoms with Gasteiger partial charge in [0.2, 0.25) is 0 Å². The number of halogens is 2. The van der Waals surface area contributed by atoms with Gasteiger partial charge in [-0.25, -0.2) is 0 Å². The van der Waals surface area contributed by atoms with Crippen molar-refractivity contribution in [1.29, 1.82) is 0 Å². The summed E-state index contributed by atoms with van der Waals surface area (Å²) in [5.74, 6) is 0.0433. The van der Waals surface area contributed by atoms with Crippen molar-refractivity contribution in [3.63, 3.8) is 0 Å². The van der Waals surface area contributed by atoms with E-state index in [1.165, 1.54) is 6.07 Å². The summed E-state index contributed by atoms with van der Waals surface area (Å²) in [6.45, 7) is 0.405. The fourth-order valence-electron chi connectivity index (χ4n) is 2.19. The summed E-state index contributed by atoms with van der Waals surface area (Å²) in [5.41, 5.74) is 2.41. The first-order valence-electron chi connectivity index (χ1n) is 6.39. The van der Waals surface area contributed by atoms with Crippen molar-refractivity contribution in [3.8, 4) is 5.75 Å². The highest BCUT2D eigenvalue weighted by Gasteiger charge is 2.08. The molecule has 0 aliphatic heterocycles. The van der Waals surface area contributed by atoms with Crippen LogP contribution in [0.5, 0.6) is 5.75 Å². The van der Waals surface area contributed by atoms with Gasteiger partial charge in [0, 0.05) is 28.7 Å². The molecule has 1 aromatic heterocycles. The number of hydrogen-bond donors (Lipinski definition) is 2. The number of hydrogen-bond acceptors (Lipinski definition) is 3. The summed E-state index contributed by atoms with van der Waals surface area (Å²) in [6.07, 6.45) is 1.75. The summed E-state index contributed by atoms with van der Waals surface area (Å²) in [6, 6.07) is 13.0. The van der Waals surface area contributed by atoms with E-state index < -0.39 is 0 Å². The number of phenolic OH excluding ortho intramolecular Hbond substituents is 1. The van der Waals surface area contributed by atoms with Crippen LogP contribution in [0.25, 0.3) is 10.9 Å². The number of nitrogens with zero attached hydrogens (tertiary/aromatic N) is 1. The molecule has 3 rings (SSSR count). The Kier molecular flexibility index (Phi) is 3.86. The molecule has 0 unspecified atom stereocenters. The fraction of sp³-hybridized carbons (Fsp3) is 0.0625. The Morgan fingerprint density at radius 3 is 2.76 bits per heavy atom. The first-order valence-corrected chi connectivity index (χ1v) is 7.15. The van der Waals surface area contributed by atoms with Gasteiger partial charge in [0.1, 0.15) is 5.75 Å². The van der Waals surface area contributed by atoms with Crippen LogP contribution in [-0.2, 0) is 6.54 Å². The number of para-hydroxylation sites is 1. The van der Waals surface area contributed by atoms with Crippen molar-refractivity contribution >= 4 is 39.8 Å². The molecule has 0 spiro atoms. The predicted molar refractivity (Wildman–Crippen MR) is 87.2 cm³/mol. The summed E-state index contributed by atoms with van der Waals surface area (Å²) >= 11 is 11.9. The Labute approximate surface area is 132 Å². The van der Waals surface area contributed by atoms with E-state index in [4.69, 9.17) is 23.2 Å². The van der Waals surface area contributed by atoms with Gasteiger partial charge in [0.05, 0.1) is 16.2 Å². The van der Waals surface area contributed by atoms with Crippen LogP contribution in [0.4, 0.5) is 5.69 Å². The van der Waals surface area contributed by atoms with E-state index in [1.54, 1.807) is 12.3 Å². The number of fused-ring (bicyclic) bond motifs is 1. The Morgan fingerprint density at radius 1 is 1.10 bits per heavy atom. The number of nitrogens with one attached hydrogen (secondary N) is 1. The fourth-order valence-corrected chi connectivity index (χ4v) is 2.73. The van der Waals surface area contributed by atoms with Crippen LogP contribution in [0.3, 0.4) is 0 Å². The van der Waals surface area contributed by atoms with Crippen molar-refractivity contribution < 1.29 is 5.11 Å². The zero-order chi connectivity index (χ0) is 14.8. The van der Waals surface area contributed by atoms with Crippen LogP contribution in [-0.4, -0.2) is 10.1 Å². The number of benzene rings is 2. The number of phenols is 1. The van der Waals surface area contributed by atoms with E-state index in [2.05, 4.69) is 10.3 Å². The number of pyridine rings is 1. The Balaban J connectivity index is 1.91. The molecule has 0 saturated heterocycles. The predicted octanol–water partition coefficient (Wildman–Crippen LogP) is 4.86. The van der Waals surface area contributed by atoms with E-state index >= 15 is 0 Å². The SMILES string of the molecule is Oc1c(Cl)cc(Cl)cc1CNc1cccc2cccnc12. The molecule has 0 saturated carbocycles. The summed E-state index contributed by atoms with van der Waals surface area (Å²) < 4.78 is 0. The molecule has 21 heavy (non-hydrogen) atoms. The largest absolute Gasteiger partial charge is 0.506 e. The Bertz CT molecular complexity index is 800. The Hall–Kier alpha value is -1.97. The lowest BCUT2D eigenvalue weighted by molar-refractivity contribution is 0.469. The lowest BCUT2D eigenvalue weighted by Crippen LogP contribution is -2.01. The number of anilines is 1. The second kappa shape index (κ2) is 5.80. The molecule has 1 heterocycles. The van der Waals surface area contributed by atoms with E-state index in [0.717, 1.165) is 16.6 Å². The molecule has 0 aliphatic carbocycles. The molecule has 0 aliphatic rings. The van der Waals surface area contributed by atoms with Crippen LogP contribution >= 0.6 is 23.2 Å². The molecule has 3 aromatic rings. The third kappa shape index (κ3) is 2.89. The molecule has 106 valence electrons. The maximum Gasteiger partial charge on any atom is 0.139 e. The second-order valence-electron chi connectivity index (χ2n) is 4.63. The number of aromatic nitrogens is 1. The quantitative estimate of drug-likeness (QED) is 0.725. The third-order valence-corrected chi connectivity index (χ3v) is 3.72. The van der Waals surface area contributed by atoms with Crippen molar-refractivity contribution in [2.45, 2.75) is 6.54 Å². The van der Waals surface area contributed by atoms with Gasteiger partial charge in [-0.2, -0.15) is 0 Å². The van der Waals surface area contributed by atoms with Gasteiger partial charge in [-0.15, -0.1) is 0 Å². The summed E-state index contributed by atoms with van der Waals surface area (Å²) in [7, 11) is 0. The smallest absolute Gasteiger partial charge is 0.139 e. The molecule has 5 heteroatoms. The minimum Gasteiger partial charge on any atom is -0.506 e.